The summed E-state index contributed by atoms with van der Waals surface area (Å²) in [5.74, 6) is 0.633. The van der Waals surface area contributed by atoms with Gasteiger partial charge in [-0.1, -0.05) is 29.8 Å². The van der Waals surface area contributed by atoms with Crippen LogP contribution in [0.3, 0.4) is 0 Å². The average molecular weight is 404 g/mol. The van der Waals surface area contributed by atoms with Gasteiger partial charge in [-0.05, 0) is 67.9 Å². The monoisotopic (exact) mass is 403 g/mol. The molecule has 0 bridgehead atoms. The Hall–Kier alpha value is -2.87. The van der Waals surface area contributed by atoms with Gasteiger partial charge < -0.3 is 4.74 Å². The molecule has 1 fully saturated rings. The molecule has 0 aliphatic carbocycles. The molecule has 5 heteroatoms. The molecule has 0 N–H and O–H groups in total. The first-order valence-corrected chi connectivity index (χ1v) is 10.2. The maximum Gasteiger partial charge on any atom is 0.137 e. The van der Waals surface area contributed by atoms with Gasteiger partial charge in [0, 0.05) is 28.9 Å². The first-order valence-electron chi connectivity index (χ1n) is 9.84. The minimum absolute atomic E-state index is 0.535. The normalized spacial score (nSPS) is 13.9. The van der Waals surface area contributed by atoms with Gasteiger partial charge in [-0.2, -0.15) is 5.26 Å². The van der Waals surface area contributed by atoms with Crippen molar-refractivity contribution in [2.75, 3.05) is 26.2 Å². The number of hydrogen-bond donors (Lipinski definition) is 0. The highest BCUT2D eigenvalue weighted by Gasteiger charge is 2.12. The van der Waals surface area contributed by atoms with Crippen LogP contribution in [-0.2, 0) is 0 Å². The Morgan fingerprint density at radius 3 is 2.38 bits per heavy atom. The number of benzene rings is 2. The van der Waals surface area contributed by atoms with E-state index in [4.69, 9.17) is 16.3 Å². The van der Waals surface area contributed by atoms with Crippen molar-refractivity contribution in [3.63, 3.8) is 0 Å². The summed E-state index contributed by atoms with van der Waals surface area (Å²) in [6.07, 6.45) is 4.37. The maximum absolute atomic E-state index is 9.54. The summed E-state index contributed by atoms with van der Waals surface area (Å²) >= 11 is 5.96. The zero-order valence-corrected chi connectivity index (χ0v) is 16.9. The van der Waals surface area contributed by atoms with E-state index in [2.05, 4.69) is 16.0 Å². The van der Waals surface area contributed by atoms with E-state index in [1.54, 1.807) is 0 Å². The van der Waals surface area contributed by atoms with Gasteiger partial charge in [0.25, 0.3) is 0 Å². The van der Waals surface area contributed by atoms with E-state index in [-0.39, 0.29) is 0 Å². The molecule has 4 rings (SSSR count). The molecule has 2 aromatic carbocycles. The number of hydrogen-bond acceptors (Lipinski definition) is 4. The lowest BCUT2D eigenvalue weighted by molar-refractivity contribution is 0.237. The average Bonchev–Trinajstić information content (AvgIpc) is 3.28. The molecule has 146 valence electrons. The summed E-state index contributed by atoms with van der Waals surface area (Å²) in [6.45, 7) is 3.79. The molecule has 1 aromatic heterocycles. The molecule has 4 nitrogen and oxygen atoms in total. The van der Waals surface area contributed by atoms with Crippen LogP contribution in [0.4, 0.5) is 0 Å². The minimum atomic E-state index is 0.535. The van der Waals surface area contributed by atoms with Gasteiger partial charge in [-0.15, -0.1) is 0 Å². The summed E-state index contributed by atoms with van der Waals surface area (Å²) in [6, 6.07) is 19.6. The Bertz CT molecular complexity index is 1000. The molecular weight excluding hydrogens is 382 g/mol. The second kappa shape index (κ2) is 9.09. The minimum Gasteiger partial charge on any atom is -0.491 e. The highest BCUT2D eigenvalue weighted by Crippen LogP contribution is 2.27. The number of aromatic nitrogens is 1. The third-order valence-corrected chi connectivity index (χ3v) is 5.45. The Morgan fingerprint density at radius 1 is 0.966 bits per heavy atom. The van der Waals surface area contributed by atoms with Gasteiger partial charge in [0.05, 0.1) is 11.3 Å². The Balaban J connectivity index is 1.46. The van der Waals surface area contributed by atoms with Crippen molar-refractivity contribution >= 4 is 11.6 Å². The van der Waals surface area contributed by atoms with Crippen LogP contribution in [0.5, 0.6) is 5.75 Å². The number of rotatable bonds is 6. The molecule has 0 amide bonds. The van der Waals surface area contributed by atoms with Crippen molar-refractivity contribution < 1.29 is 4.74 Å². The summed E-state index contributed by atoms with van der Waals surface area (Å²) in [4.78, 5) is 6.97. The van der Waals surface area contributed by atoms with Gasteiger partial charge in [-0.25, -0.2) is 0 Å². The van der Waals surface area contributed by atoms with E-state index < -0.39 is 0 Å². The standard InChI is InChI=1S/C24H22ClN3O/c25-22-7-3-18(4-8-22)20-5-9-23(27-17-20)19-6-10-24(21(15-19)16-26)29-14-13-28-11-1-2-12-28/h3-10,15,17H,1-2,11-14H2. The van der Waals surface area contributed by atoms with Crippen LogP contribution in [0.1, 0.15) is 18.4 Å². The highest BCUT2D eigenvalue weighted by atomic mass is 35.5. The Morgan fingerprint density at radius 2 is 1.69 bits per heavy atom. The van der Waals surface area contributed by atoms with Crippen molar-refractivity contribution in [2.24, 2.45) is 0 Å². The summed E-state index contributed by atoms with van der Waals surface area (Å²) in [5.41, 5.74) is 4.34. The molecule has 0 spiro atoms. The summed E-state index contributed by atoms with van der Waals surface area (Å²) < 4.78 is 5.87. The summed E-state index contributed by atoms with van der Waals surface area (Å²) in [7, 11) is 0. The van der Waals surface area contributed by atoms with Crippen LogP contribution in [-0.4, -0.2) is 36.1 Å². The summed E-state index contributed by atoms with van der Waals surface area (Å²) in [5, 5.41) is 10.3. The second-order valence-corrected chi connectivity index (χ2v) is 7.60. The largest absolute Gasteiger partial charge is 0.491 e. The third kappa shape index (κ3) is 4.76. The van der Waals surface area contributed by atoms with E-state index in [1.165, 1.54) is 12.8 Å². The molecule has 1 aliphatic heterocycles. The Labute approximate surface area is 176 Å². The van der Waals surface area contributed by atoms with Crippen LogP contribution < -0.4 is 4.74 Å². The van der Waals surface area contributed by atoms with E-state index in [0.717, 1.165) is 42.0 Å². The smallest absolute Gasteiger partial charge is 0.137 e. The number of halogens is 1. The third-order valence-electron chi connectivity index (χ3n) is 5.20. The second-order valence-electron chi connectivity index (χ2n) is 7.16. The van der Waals surface area contributed by atoms with E-state index in [1.807, 2.05) is 60.8 Å². The van der Waals surface area contributed by atoms with Gasteiger partial charge >= 0.3 is 0 Å². The van der Waals surface area contributed by atoms with E-state index >= 15 is 0 Å². The van der Waals surface area contributed by atoms with Crippen LogP contribution in [0.25, 0.3) is 22.4 Å². The lowest BCUT2D eigenvalue weighted by atomic mass is 10.0. The van der Waals surface area contributed by atoms with Gasteiger partial charge in [-0.3, -0.25) is 9.88 Å². The molecule has 0 atom stereocenters. The van der Waals surface area contributed by atoms with Crippen LogP contribution >= 0.6 is 11.6 Å². The number of likely N-dealkylation sites (tertiary alicyclic amines) is 1. The predicted octanol–water partition coefficient (Wildman–Crippen LogP) is 5.42. The molecule has 0 saturated carbocycles. The van der Waals surface area contributed by atoms with Crippen LogP contribution in [0.2, 0.25) is 5.02 Å². The molecule has 0 unspecified atom stereocenters. The molecule has 2 heterocycles. The number of pyridine rings is 1. The topological polar surface area (TPSA) is 49.1 Å². The highest BCUT2D eigenvalue weighted by molar-refractivity contribution is 6.30. The zero-order chi connectivity index (χ0) is 20.1. The Kier molecular flexibility index (Phi) is 6.09. The lowest BCUT2D eigenvalue weighted by Gasteiger charge is -2.15. The fourth-order valence-electron chi connectivity index (χ4n) is 3.57. The maximum atomic E-state index is 9.54. The lowest BCUT2D eigenvalue weighted by Crippen LogP contribution is -2.25. The van der Waals surface area contributed by atoms with E-state index in [0.29, 0.717) is 22.9 Å². The van der Waals surface area contributed by atoms with Crippen molar-refractivity contribution in [1.29, 1.82) is 5.26 Å². The van der Waals surface area contributed by atoms with Crippen molar-refractivity contribution in [2.45, 2.75) is 12.8 Å². The zero-order valence-electron chi connectivity index (χ0n) is 16.1. The fourth-order valence-corrected chi connectivity index (χ4v) is 3.70. The molecule has 3 aromatic rings. The van der Waals surface area contributed by atoms with Crippen molar-refractivity contribution in [1.82, 2.24) is 9.88 Å². The first-order chi connectivity index (χ1) is 14.2. The number of nitriles is 1. The predicted molar refractivity (Wildman–Crippen MR) is 116 cm³/mol. The van der Waals surface area contributed by atoms with Gasteiger partial charge in [0.2, 0.25) is 0 Å². The first kappa shape index (κ1) is 19.4. The SMILES string of the molecule is N#Cc1cc(-c2ccc(-c3ccc(Cl)cc3)cn2)ccc1OCCN1CCCC1. The molecular formula is C24H22ClN3O. The van der Waals surface area contributed by atoms with Gasteiger partial charge in [0.15, 0.2) is 0 Å². The molecule has 29 heavy (non-hydrogen) atoms. The van der Waals surface area contributed by atoms with Gasteiger partial charge in [0.1, 0.15) is 18.4 Å². The quantitative estimate of drug-likeness (QED) is 0.551. The number of nitrogens with zero attached hydrogens (tertiary/aromatic N) is 3. The molecule has 1 saturated heterocycles. The molecule has 0 radical (unpaired) electrons. The fraction of sp³-hybridized carbons (Fsp3) is 0.250. The number of ether oxygens (including phenoxy) is 1. The van der Waals surface area contributed by atoms with Crippen molar-refractivity contribution in [3.05, 3.63) is 71.4 Å². The van der Waals surface area contributed by atoms with Crippen LogP contribution in [0, 0.1) is 11.3 Å². The van der Waals surface area contributed by atoms with E-state index in [9.17, 15) is 5.26 Å². The molecule has 1 aliphatic rings. The van der Waals surface area contributed by atoms with Crippen molar-refractivity contribution in [3.8, 4) is 34.2 Å². The van der Waals surface area contributed by atoms with Crippen LogP contribution in [0.15, 0.2) is 60.8 Å².